The SMILES string of the molecule is C=CCNc1ncc(C(=O)N2CCN(C(C)=O)CC2)cn1. The van der Waals surface area contributed by atoms with Crippen molar-refractivity contribution in [2.24, 2.45) is 0 Å². The Morgan fingerprint density at radius 3 is 2.33 bits per heavy atom. The number of nitrogens with one attached hydrogen (secondary N) is 1. The third kappa shape index (κ3) is 3.77. The highest BCUT2D eigenvalue weighted by atomic mass is 16.2. The predicted molar refractivity (Wildman–Crippen MR) is 78.9 cm³/mol. The van der Waals surface area contributed by atoms with Crippen LogP contribution in [0.15, 0.2) is 25.0 Å². The molecule has 0 atom stereocenters. The molecule has 1 aromatic heterocycles. The molecule has 2 rings (SSSR count). The number of anilines is 1. The molecule has 21 heavy (non-hydrogen) atoms. The van der Waals surface area contributed by atoms with Gasteiger partial charge in [-0.15, -0.1) is 6.58 Å². The Bertz CT molecular complexity index is 521. The van der Waals surface area contributed by atoms with Crippen molar-refractivity contribution in [3.8, 4) is 0 Å². The first-order valence-electron chi connectivity index (χ1n) is 6.83. The van der Waals surface area contributed by atoms with Gasteiger partial charge in [0.05, 0.1) is 5.56 Å². The average Bonchev–Trinajstić information content (AvgIpc) is 2.53. The van der Waals surface area contributed by atoms with Crippen LogP contribution in [0.3, 0.4) is 0 Å². The van der Waals surface area contributed by atoms with Gasteiger partial charge in [0, 0.05) is 52.0 Å². The number of hydrogen-bond acceptors (Lipinski definition) is 5. The van der Waals surface area contributed by atoms with Gasteiger partial charge in [-0.25, -0.2) is 9.97 Å². The lowest BCUT2D eigenvalue weighted by Crippen LogP contribution is -2.50. The fourth-order valence-corrected chi connectivity index (χ4v) is 2.10. The Morgan fingerprint density at radius 2 is 1.81 bits per heavy atom. The fourth-order valence-electron chi connectivity index (χ4n) is 2.10. The Labute approximate surface area is 123 Å². The third-order valence-corrected chi connectivity index (χ3v) is 3.32. The predicted octanol–water partition coefficient (Wildman–Crippen LogP) is 0.379. The van der Waals surface area contributed by atoms with Crippen molar-refractivity contribution in [2.45, 2.75) is 6.92 Å². The van der Waals surface area contributed by atoms with Gasteiger partial charge in [0.2, 0.25) is 11.9 Å². The lowest BCUT2D eigenvalue weighted by molar-refractivity contribution is -0.130. The van der Waals surface area contributed by atoms with Gasteiger partial charge in [-0.1, -0.05) is 6.08 Å². The molecule has 1 aliphatic rings. The van der Waals surface area contributed by atoms with Gasteiger partial charge >= 0.3 is 0 Å². The van der Waals surface area contributed by atoms with Gasteiger partial charge in [-0.2, -0.15) is 0 Å². The van der Waals surface area contributed by atoms with Gasteiger partial charge in [-0.05, 0) is 0 Å². The van der Waals surface area contributed by atoms with Crippen LogP contribution in [0, 0.1) is 0 Å². The van der Waals surface area contributed by atoms with E-state index < -0.39 is 0 Å². The number of rotatable bonds is 4. The number of aromatic nitrogens is 2. The fraction of sp³-hybridized carbons (Fsp3) is 0.429. The van der Waals surface area contributed by atoms with Crippen LogP contribution in [-0.4, -0.2) is 64.3 Å². The highest BCUT2D eigenvalue weighted by molar-refractivity contribution is 5.93. The Morgan fingerprint density at radius 1 is 1.24 bits per heavy atom. The van der Waals surface area contributed by atoms with Gasteiger partial charge in [-0.3, -0.25) is 9.59 Å². The zero-order valence-electron chi connectivity index (χ0n) is 12.1. The number of hydrogen-bond donors (Lipinski definition) is 1. The van der Waals surface area contributed by atoms with Crippen LogP contribution in [-0.2, 0) is 4.79 Å². The molecule has 0 saturated carbocycles. The maximum absolute atomic E-state index is 12.3. The lowest BCUT2D eigenvalue weighted by Gasteiger charge is -2.34. The molecule has 1 saturated heterocycles. The summed E-state index contributed by atoms with van der Waals surface area (Å²) in [5.41, 5.74) is 0.454. The standard InChI is InChI=1S/C14H19N5O2/c1-3-4-15-14-16-9-12(10-17-14)13(21)19-7-5-18(6-8-19)11(2)20/h3,9-10H,1,4-8H2,2H3,(H,15,16,17). The van der Waals surface area contributed by atoms with Crippen LogP contribution < -0.4 is 5.32 Å². The summed E-state index contributed by atoms with van der Waals surface area (Å²) in [5.74, 6) is 0.407. The lowest BCUT2D eigenvalue weighted by atomic mass is 10.2. The van der Waals surface area contributed by atoms with Crippen LogP contribution >= 0.6 is 0 Å². The topological polar surface area (TPSA) is 78.4 Å². The molecule has 2 heterocycles. The first-order valence-corrected chi connectivity index (χ1v) is 6.83. The Balaban J connectivity index is 1.94. The Hall–Kier alpha value is -2.44. The van der Waals surface area contributed by atoms with Crippen LogP contribution in [0.5, 0.6) is 0 Å². The number of nitrogens with zero attached hydrogens (tertiary/aromatic N) is 4. The molecular weight excluding hydrogens is 270 g/mol. The van der Waals surface area contributed by atoms with E-state index in [-0.39, 0.29) is 11.8 Å². The summed E-state index contributed by atoms with van der Waals surface area (Å²) in [6.07, 6.45) is 4.73. The first-order chi connectivity index (χ1) is 10.1. The second-order valence-electron chi connectivity index (χ2n) is 4.76. The molecule has 0 bridgehead atoms. The zero-order chi connectivity index (χ0) is 15.2. The van der Waals surface area contributed by atoms with E-state index >= 15 is 0 Å². The molecule has 1 fully saturated rings. The minimum absolute atomic E-state index is 0.0445. The molecule has 7 heteroatoms. The molecule has 112 valence electrons. The van der Waals surface area contributed by atoms with Gasteiger partial charge < -0.3 is 15.1 Å². The van der Waals surface area contributed by atoms with E-state index in [1.165, 1.54) is 12.4 Å². The normalized spacial score (nSPS) is 14.7. The molecule has 1 aromatic rings. The van der Waals surface area contributed by atoms with Crippen LogP contribution in [0.25, 0.3) is 0 Å². The molecule has 1 N–H and O–H groups in total. The van der Waals surface area contributed by atoms with E-state index in [9.17, 15) is 9.59 Å². The van der Waals surface area contributed by atoms with E-state index in [2.05, 4.69) is 21.9 Å². The largest absolute Gasteiger partial charge is 0.351 e. The molecular formula is C14H19N5O2. The summed E-state index contributed by atoms with van der Waals surface area (Å²) in [5, 5.41) is 2.95. The van der Waals surface area contributed by atoms with Crippen molar-refractivity contribution in [3.05, 3.63) is 30.6 Å². The van der Waals surface area contributed by atoms with E-state index in [0.717, 1.165) is 0 Å². The molecule has 0 radical (unpaired) electrons. The van der Waals surface area contributed by atoms with Crippen molar-refractivity contribution in [1.29, 1.82) is 0 Å². The second kappa shape index (κ2) is 6.83. The van der Waals surface area contributed by atoms with Crippen molar-refractivity contribution < 1.29 is 9.59 Å². The second-order valence-corrected chi connectivity index (χ2v) is 4.76. The molecule has 0 unspecified atom stereocenters. The summed E-state index contributed by atoms with van der Waals surface area (Å²) in [4.78, 5) is 35.2. The minimum atomic E-state index is -0.103. The molecule has 0 aliphatic carbocycles. The average molecular weight is 289 g/mol. The monoisotopic (exact) mass is 289 g/mol. The van der Waals surface area contributed by atoms with Gasteiger partial charge in [0.25, 0.3) is 5.91 Å². The van der Waals surface area contributed by atoms with Crippen molar-refractivity contribution in [3.63, 3.8) is 0 Å². The van der Waals surface area contributed by atoms with E-state index in [1.807, 2.05) is 0 Å². The van der Waals surface area contributed by atoms with Crippen molar-refractivity contribution >= 4 is 17.8 Å². The number of carbonyl (C=O) groups is 2. The van der Waals surface area contributed by atoms with Gasteiger partial charge in [0.1, 0.15) is 0 Å². The van der Waals surface area contributed by atoms with E-state index in [4.69, 9.17) is 0 Å². The highest BCUT2D eigenvalue weighted by Crippen LogP contribution is 2.08. The van der Waals surface area contributed by atoms with Crippen LogP contribution in [0.2, 0.25) is 0 Å². The minimum Gasteiger partial charge on any atom is -0.351 e. The quantitative estimate of drug-likeness (QED) is 0.811. The number of carbonyl (C=O) groups excluding carboxylic acids is 2. The van der Waals surface area contributed by atoms with Crippen molar-refractivity contribution in [2.75, 3.05) is 38.0 Å². The van der Waals surface area contributed by atoms with Gasteiger partial charge in [0.15, 0.2) is 0 Å². The summed E-state index contributed by atoms with van der Waals surface area (Å²) in [7, 11) is 0. The maximum Gasteiger partial charge on any atom is 0.257 e. The van der Waals surface area contributed by atoms with E-state index in [0.29, 0.717) is 44.2 Å². The third-order valence-electron chi connectivity index (χ3n) is 3.32. The summed E-state index contributed by atoms with van der Waals surface area (Å²) < 4.78 is 0. The summed E-state index contributed by atoms with van der Waals surface area (Å²) in [6.45, 7) is 7.92. The molecule has 2 amide bonds. The summed E-state index contributed by atoms with van der Waals surface area (Å²) in [6, 6.07) is 0. The molecule has 0 aromatic carbocycles. The van der Waals surface area contributed by atoms with E-state index in [1.54, 1.807) is 22.8 Å². The number of piperazine rings is 1. The van der Waals surface area contributed by atoms with Crippen LogP contribution in [0.1, 0.15) is 17.3 Å². The molecule has 0 spiro atoms. The Kier molecular flexibility index (Phi) is 4.86. The molecule has 7 nitrogen and oxygen atoms in total. The maximum atomic E-state index is 12.3. The van der Waals surface area contributed by atoms with Crippen LogP contribution in [0.4, 0.5) is 5.95 Å². The number of amides is 2. The highest BCUT2D eigenvalue weighted by Gasteiger charge is 2.23. The first kappa shape index (κ1) is 15.0. The molecule has 1 aliphatic heterocycles. The summed E-state index contributed by atoms with van der Waals surface area (Å²) >= 11 is 0. The zero-order valence-corrected chi connectivity index (χ0v) is 12.1. The van der Waals surface area contributed by atoms with Crippen molar-refractivity contribution in [1.82, 2.24) is 19.8 Å². The smallest absolute Gasteiger partial charge is 0.257 e.